The molecule has 0 spiro atoms. The number of nitrogens with one attached hydrogen (secondary N) is 2. The topological polar surface area (TPSA) is 78.4 Å². The first kappa shape index (κ1) is 16.7. The molecule has 0 aliphatic heterocycles. The Labute approximate surface area is 144 Å². The van der Waals surface area contributed by atoms with Gasteiger partial charge in [0.2, 0.25) is 0 Å². The number of ketones is 1. The summed E-state index contributed by atoms with van der Waals surface area (Å²) in [4.78, 5) is 24.8. The minimum Gasteiger partial charge on any atom is -0.396 e. The standard InChI is InChI=1S/C18H20N2O3S/c21-11-12(8-15-2-1-7-24-15)10-19-18(23)20-14-4-5-16-13(9-14)3-6-17(16)22/h1-2,4-5,7,9,12,21H,3,6,8,10-11H2,(H2,19,20,23)/t12-/m1/s1. The first-order chi connectivity index (χ1) is 11.7. The molecule has 1 aliphatic carbocycles. The van der Waals surface area contributed by atoms with E-state index in [1.54, 1.807) is 23.5 Å². The lowest BCUT2D eigenvalue weighted by Crippen LogP contribution is -2.34. The Morgan fingerprint density at radius 3 is 2.92 bits per heavy atom. The third kappa shape index (κ3) is 4.01. The monoisotopic (exact) mass is 344 g/mol. The Kier molecular flexibility index (Phi) is 5.27. The molecule has 2 aromatic rings. The maximum atomic E-state index is 12.0. The lowest BCUT2D eigenvalue weighted by molar-refractivity contribution is 0.0994. The molecule has 1 aromatic carbocycles. The van der Waals surface area contributed by atoms with Gasteiger partial charge in [-0.2, -0.15) is 0 Å². The SMILES string of the molecule is O=C(NC[C@H](CO)Cc1cccs1)Nc1ccc2c(c1)CCC2=O. The zero-order valence-corrected chi connectivity index (χ0v) is 14.1. The van der Waals surface area contributed by atoms with Crippen molar-refractivity contribution in [1.82, 2.24) is 5.32 Å². The number of hydrogen-bond donors (Lipinski definition) is 3. The Morgan fingerprint density at radius 1 is 1.29 bits per heavy atom. The molecular weight excluding hydrogens is 324 g/mol. The summed E-state index contributed by atoms with van der Waals surface area (Å²) in [5.74, 6) is 0.160. The van der Waals surface area contributed by atoms with Crippen LogP contribution in [0, 0.1) is 5.92 Å². The summed E-state index contributed by atoms with van der Waals surface area (Å²) in [6.45, 7) is 0.433. The number of aliphatic hydroxyl groups excluding tert-OH is 1. The van der Waals surface area contributed by atoms with Crippen LogP contribution in [0.15, 0.2) is 35.7 Å². The van der Waals surface area contributed by atoms with Gasteiger partial charge >= 0.3 is 6.03 Å². The van der Waals surface area contributed by atoms with Gasteiger partial charge in [0.05, 0.1) is 0 Å². The van der Waals surface area contributed by atoms with E-state index in [9.17, 15) is 14.7 Å². The summed E-state index contributed by atoms with van der Waals surface area (Å²) in [5, 5.41) is 17.0. The first-order valence-electron chi connectivity index (χ1n) is 8.00. The summed E-state index contributed by atoms with van der Waals surface area (Å²) in [7, 11) is 0. The Hall–Kier alpha value is -2.18. The van der Waals surface area contributed by atoms with Crippen molar-refractivity contribution in [3.05, 3.63) is 51.7 Å². The average Bonchev–Trinajstić information content (AvgIpc) is 3.21. The van der Waals surface area contributed by atoms with Crippen molar-refractivity contribution in [3.63, 3.8) is 0 Å². The predicted octanol–water partition coefficient (Wildman–Crippen LogP) is 2.85. The van der Waals surface area contributed by atoms with Gasteiger partial charge in [-0.05, 0) is 48.1 Å². The highest BCUT2D eigenvalue weighted by Gasteiger charge is 2.19. The Balaban J connectivity index is 1.51. The van der Waals surface area contributed by atoms with Crippen molar-refractivity contribution in [2.45, 2.75) is 19.3 Å². The van der Waals surface area contributed by atoms with Crippen molar-refractivity contribution < 1.29 is 14.7 Å². The molecule has 1 atom stereocenters. The highest BCUT2D eigenvalue weighted by Crippen LogP contribution is 2.25. The van der Waals surface area contributed by atoms with Crippen molar-refractivity contribution in [1.29, 1.82) is 0 Å². The van der Waals surface area contributed by atoms with E-state index in [-0.39, 0.29) is 24.3 Å². The number of urea groups is 1. The van der Waals surface area contributed by atoms with Crippen LogP contribution in [0.5, 0.6) is 0 Å². The van der Waals surface area contributed by atoms with E-state index in [1.165, 1.54) is 4.88 Å². The number of anilines is 1. The van der Waals surface area contributed by atoms with Crippen LogP contribution in [-0.4, -0.2) is 30.1 Å². The molecule has 0 fully saturated rings. The number of aryl methyl sites for hydroxylation is 1. The van der Waals surface area contributed by atoms with Crippen LogP contribution < -0.4 is 10.6 Å². The number of thiophene rings is 1. The number of fused-ring (bicyclic) bond motifs is 1. The largest absolute Gasteiger partial charge is 0.396 e. The summed E-state index contributed by atoms with van der Waals surface area (Å²) in [6.07, 6.45) is 2.03. The fourth-order valence-corrected chi connectivity index (χ4v) is 3.68. The van der Waals surface area contributed by atoms with Gasteiger partial charge in [-0.3, -0.25) is 4.79 Å². The number of hydrogen-bond acceptors (Lipinski definition) is 4. The van der Waals surface area contributed by atoms with Crippen molar-refractivity contribution in [2.75, 3.05) is 18.5 Å². The third-order valence-corrected chi connectivity index (χ3v) is 5.06. The lowest BCUT2D eigenvalue weighted by Gasteiger charge is -2.15. The van der Waals surface area contributed by atoms with E-state index >= 15 is 0 Å². The van der Waals surface area contributed by atoms with Crippen LogP contribution in [0.1, 0.15) is 27.2 Å². The second-order valence-electron chi connectivity index (χ2n) is 5.96. The van der Waals surface area contributed by atoms with Crippen LogP contribution in [0.3, 0.4) is 0 Å². The number of carbonyl (C=O) groups is 2. The van der Waals surface area contributed by atoms with Crippen LogP contribution >= 0.6 is 11.3 Å². The normalized spacial score (nSPS) is 14.3. The van der Waals surface area contributed by atoms with Crippen LogP contribution in [-0.2, 0) is 12.8 Å². The molecule has 3 rings (SSSR count). The molecule has 1 aromatic heterocycles. The summed E-state index contributed by atoms with van der Waals surface area (Å²) >= 11 is 1.65. The quantitative estimate of drug-likeness (QED) is 0.754. The van der Waals surface area contributed by atoms with Crippen molar-refractivity contribution >= 4 is 28.8 Å². The highest BCUT2D eigenvalue weighted by atomic mass is 32.1. The molecule has 126 valence electrons. The molecule has 2 amide bonds. The van der Waals surface area contributed by atoms with Crippen molar-refractivity contribution in [2.24, 2.45) is 5.92 Å². The van der Waals surface area contributed by atoms with E-state index in [2.05, 4.69) is 10.6 Å². The Bertz CT molecular complexity index is 728. The summed E-state index contributed by atoms with van der Waals surface area (Å²) in [6, 6.07) is 9.08. The molecule has 0 bridgehead atoms. The van der Waals surface area contributed by atoms with E-state index < -0.39 is 0 Å². The Morgan fingerprint density at radius 2 is 2.17 bits per heavy atom. The number of carbonyl (C=O) groups excluding carboxylic acids is 2. The van der Waals surface area contributed by atoms with Gasteiger partial charge in [0.15, 0.2) is 5.78 Å². The second kappa shape index (κ2) is 7.59. The molecule has 24 heavy (non-hydrogen) atoms. The smallest absolute Gasteiger partial charge is 0.319 e. The zero-order chi connectivity index (χ0) is 16.9. The van der Waals surface area contributed by atoms with Crippen molar-refractivity contribution in [3.8, 4) is 0 Å². The second-order valence-corrected chi connectivity index (χ2v) is 6.99. The minimum absolute atomic E-state index is 0.00737. The molecule has 0 unspecified atom stereocenters. The van der Waals surface area contributed by atoms with Gasteiger partial charge in [-0.25, -0.2) is 4.79 Å². The zero-order valence-electron chi connectivity index (χ0n) is 13.2. The van der Waals surface area contributed by atoms with E-state index in [0.29, 0.717) is 18.7 Å². The van der Waals surface area contributed by atoms with Gasteiger partial charge < -0.3 is 15.7 Å². The average molecular weight is 344 g/mol. The van der Waals surface area contributed by atoms with Gasteiger partial charge in [0, 0.05) is 41.6 Å². The fourth-order valence-electron chi connectivity index (χ4n) is 2.86. The van der Waals surface area contributed by atoms with E-state index in [1.807, 2.05) is 23.6 Å². The fraction of sp³-hybridized carbons (Fsp3) is 0.333. The maximum absolute atomic E-state index is 12.0. The number of Topliss-reactive ketones (excluding diaryl/α,β-unsaturated/α-hetero) is 1. The van der Waals surface area contributed by atoms with Gasteiger partial charge in [0.1, 0.15) is 0 Å². The molecule has 6 heteroatoms. The number of benzene rings is 1. The lowest BCUT2D eigenvalue weighted by atomic mass is 10.1. The molecular formula is C18H20N2O3S. The third-order valence-electron chi connectivity index (χ3n) is 4.16. The molecule has 1 heterocycles. The van der Waals surface area contributed by atoms with E-state index in [0.717, 1.165) is 24.0 Å². The molecule has 3 N–H and O–H groups in total. The van der Waals surface area contributed by atoms with Crippen LogP contribution in [0.25, 0.3) is 0 Å². The highest BCUT2D eigenvalue weighted by molar-refractivity contribution is 7.09. The van der Waals surface area contributed by atoms with Gasteiger partial charge in [-0.15, -0.1) is 11.3 Å². The molecule has 0 saturated heterocycles. The molecule has 1 aliphatic rings. The first-order valence-corrected chi connectivity index (χ1v) is 8.88. The predicted molar refractivity (Wildman–Crippen MR) is 94.7 cm³/mol. The maximum Gasteiger partial charge on any atom is 0.319 e. The number of aliphatic hydroxyl groups is 1. The minimum atomic E-state index is -0.302. The molecule has 0 radical (unpaired) electrons. The summed E-state index contributed by atoms with van der Waals surface area (Å²) in [5.41, 5.74) is 2.43. The van der Waals surface area contributed by atoms with Gasteiger partial charge in [-0.1, -0.05) is 6.07 Å². The van der Waals surface area contributed by atoms with Gasteiger partial charge in [0.25, 0.3) is 0 Å². The van der Waals surface area contributed by atoms with Crippen LogP contribution in [0.2, 0.25) is 0 Å². The van der Waals surface area contributed by atoms with Crippen LogP contribution in [0.4, 0.5) is 10.5 Å². The summed E-state index contributed by atoms with van der Waals surface area (Å²) < 4.78 is 0. The number of amides is 2. The van der Waals surface area contributed by atoms with E-state index in [4.69, 9.17) is 0 Å². The number of rotatable bonds is 6. The molecule has 0 saturated carbocycles. The molecule has 5 nitrogen and oxygen atoms in total.